The third-order valence-corrected chi connectivity index (χ3v) is 8.52. The van der Waals surface area contributed by atoms with Gasteiger partial charge in [0.2, 0.25) is 0 Å². The molecule has 0 amide bonds. The summed E-state index contributed by atoms with van der Waals surface area (Å²) in [5.74, 6) is 4.19. The lowest BCUT2D eigenvalue weighted by atomic mass is 9.50. The highest BCUT2D eigenvalue weighted by atomic mass is 19.1. The third kappa shape index (κ3) is 2.95. The zero-order valence-corrected chi connectivity index (χ0v) is 16.5. The SMILES string of the molecule is CCC1[C@H](CC(C)O)C(F)CC2C3CC[C@H](C(C)C)[C@@]3(C)CC[C@@H]21. The summed E-state index contributed by atoms with van der Waals surface area (Å²) in [7, 11) is 0. The minimum absolute atomic E-state index is 0.0860. The largest absolute Gasteiger partial charge is 0.393 e. The van der Waals surface area contributed by atoms with Crippen LogP contribution in [-0.4, -0.2) is 17.4 Å². The predicted molar refractivity (Wildman–Crippen MR) is 98.5 cm³/mol. The summed E-state index contributed by atoms with van der Waals surface area (Å²) in [6, 6.07) is 0. The molecule has 3 fully saturated rings. The summed E-state index contributed by atoms with van der Waals surface area (Å²) >= 11 is 0. The van der Waals surface area contributed by atoms with Gasteiger partial charge in [0.15, 0.2) is 0 Å². The number of fused-ring (bicyclic) bond motifs is 3. The molecule has 3 saturated carbocycles. The first-order chi connectivity index (χ1) is 11.3. The molecule has 3 rings (SSSR count). The van der Waals surface area contributed by atoms with Gasteiger partial charge in [0.05, 0.1) is 6.10 Å². The van der Waals surface area contributed by atoms with Crippen molar-refractivity contribution >= 4 is 0 Å². The maximum absolute atomic E-state index is 15.1. The van der Waals surface area contributed by atoms with Crippen LogP contribution in [-0.2, 0) is 0 Å². The van der Waals surface area contributed by atoms with Crippen molar-refractivity contribution < 1.29 is 9.50 Å². The summed E-state index contributed by atoms with van der Waals surface area (Å²) in [6.45, 7) is 11.4. The van der Waals surface area contributed by atoms with Crippen LogP contribution in [0.1, 0.15) is 79.6 Å². The molecule has 1 nitrogen and oxygen atoms in total. The fourth-order valence-electron chi connectivity index (χ4n) is 7.67. The van der Waals surface area contributed by atoms with E-state index in [0.29, 0.717) is 29.6 Å². The number of halogens is 1. The standard InChI is InChI=1S/C22H39FO/c1-6-15-16-9-10-22(5)19(13(2)3)7-8-20(22)17(16)12-21(23)18(15)11-14(4)24/h13-21,24H,6-12H2,1-5H3/t14?,15?,16-,17?,18+,19-,20?,21?,22-/m1/s1. The quantitative estimate of drug-likeness (QED) is 0.681. The Bertz CT molecular complexity index is 434. The monoisotopic (exact) mass is 338 g/mol. The number of hydrogen-bond donors (Lipinski definition) is 1. The highest BCUT2D eigenvalue weighted by Gasteiger charge is 2.58. The van der Waals surface area contributed by atoms with Gasteiger partial charge < -0.3 is 5.11 Å². The fraction of sp³-hybridized carbons (Fsp3) is 1.00. The van der Waals surface area contributed by atoms with E-state index in [-0.39, 0.29) is 12.0 Å². The molecule has 0 heterocycles. The Balaban J connectivity index is 1.83. The molecule has 2 heteroatoms. The number of rotatable bonds is 4. The van der Waals surface area contributed by atoms with Gasteiger partial charge in [-0.25, -0.2) is 4.39 Å². The van der Waals surface area contributed by atoms with Crippen LogP contribution in [0.4, 0.5) is 4.39 Å². The van der Waals surface area contributed by atoms with Gasteiger partial charge in [-0.15, -0.1) is 0 Å². The average molecular weight is 339 g/mol. The van der Waals surface area contributed by atoms with Crippen molar-refractivity contribution in [1.29, 1.82) is 0 Å². The van der Waals surface area contributed by atoms with Crippen molar-refractivity contribution in [2.75, 3.05) is 0 Å². The molecule has 3 aliphatic rings. The molecule has 0 spiro atoms. The fourth-order valence-corrected chi connectivity index (χ4v) is 7.67. The van der Waals surface area contributed by atoms with Gasteiger partial charge in [0.1, 0.15) is 6.17 Å². The summed E-state index contributed by atoms with van der Waals surface area (Å²) in [5.41, 5.74) is 0.449. The van der Waals surface area contributed by atoms with Gasteiger partial charge in [0, 0.05) is 0 Å². The van der Waals surface area contributed by atoms with Gasteiger partial charge in [-0.2, -0.15) is 0 Å². The minimum atomic E-state index is -0.703. The first-order valence-electron chi connectivity index (χ1n) is 10.6. The van der Waals surface area contributed by atoms with Gasteiger partial charge in [0.25, 0.3) is 0 Å². The maximum atomic E-state index is 15.1. The Hall–Kier alpha value is -0.110. The molecule has 0 aromatic rings. The summed E-state index contributed by atoms with van der Waals surface area (Å²) in [6.07, 6.45) is 6.74. The highest BCUT2D eigenvalue weighted by molar-refractivity contribution is 5.07. The summed E-state index contributed by atoms with van der Waals surface area (Å²) in [5, 5.41) is 9.85. The normalized spacial score (nSPS) is 49.8. The molecule has 5 unspecified atom stereocenters. The summed E-state index contributed by atoms with van der Waals surface area (Å²) in [4.78, 5) is 0. The molecule has 1 N–H and O–H groups in total. The molecule has 0 saturated heterocycles. The molecule has 0 bridgehead atoms. The van der Waals surface area contributed by atoms with Crippen LogP contribution in [0.25, 0.3) is 0 Å². The molecule has 0 aromatic carbocycles. The number of aliphatic hydroxyl groups is 1. The Morgan fingerprint density at radius 2 is 1.79 bits per heavy atom. The molecule has 3 aliphatic carbocycles. The van der Waals surface area contributed by atoms with Crippen LogP contribution in [0.3, 0.4) is 0 Å². The molecule has 140 valence electrons. The second-order valence-electron chi connectivity index (χ2n) is 9.98. The van der Waals surface area contributed by atoms with Crippen LogP contribution in [0.5, 0.6) is 0 Å². The molecule has 0 aromatic heterocycles. The Morgan fingerprint density at radius 3 is 2.38 bits per heavy atom. The average Bonchev–Trinajstić information content (AvgIpc) is 2.85. The van der Waals surface area contributed by atoms with E-state index in [0.717, 1.165) is 30.6 Å². The Labute approximate surface area is 148 Å². The molecule has 24 heavy (non-hydrogen) atoms. The van der Waals surface area contributed by atoms with E-state index in [4.69, 9.17) is 0 Å². The van der Waals surface area contributed by atoms with E-state index in [1.807, 2.05) is 6.92 Å². The van der Waals surface area contributed by atoms with Crippen LogP contribution < -0.4 is 0 Å². The predicted octanol–water partition coefficient (Wildman–Crippen LogP) is 5.86. The highest BCUT2D eigenvalue weighted by Crippen LogP contribution is 2.64. The van der Waals surface area contributed by atoms with E-state index < -0.39 is 6.17 Å². The van der Waals surface area contributed by atoms with Crippen LogP contribution in [0, 0.1) is 46.8 Å². The summed E-state index contributed by atoms with van der Waals surface area (Å²) < 4.78 is 15.1. The lowest BCUT2D eigenvalue weighted by Crippen LogP contribution is -2.51. The molecule has 0 aliphatic heterocycles. The van der Waals surface area contributed by atoms with Gasteiger partial charge >= 0.3 is 0 Å². The Kier molecular flexibility index (Phi) is 5.36. The smallest absolute Gasteiger partial charge is 0.104 e. The first-order valence-corrected chi connectivity index (χ1v) is 10.6. The van der Waals surface area contributed by atoms with E-state index in [2.05, 4.69) is 27.7 Å². The van der Waals surface area contributed by atoms with Crippen LogP contribution >= 0.6 is 0 Å². The van der Waals surface area contributed by atoms with Crippen LogP contribution in [0.15, 0.2) is 0 Å². The van der Waals surface area contributed by atoms with E-state index in [1.165, 1.54) is 25.7 Å². The topological polar surface area (TPSA) is 20.2 Å². The second-order valence-corrected chi connectivity index (χ2v) is 9.98. The van der Waals surface area contributed by atoms with Gasteiger partial charge in [-0.05, 0) is 92.3 Å². The third-order valence-electron chi connectivity index (χ3n) is 8.52. The van der Waals surface area contributed by atoms with Crippen molar-refractivity contribution in [2.45, 2.75) is 91.8 Å². The first kappa shape index (κ1) is 18.7. The number of alkyl halides is 1. The van der Waals surface area contributed by atoms with Crippen molar-refractivity contribution in [3.8, 4) is 0 Å². The lowest BCUT2D eigenvalue weighted by molar-refractivity contribution is -0.0925. The molecule has 9 atom stereocenters. The van der Waals surface area contributed by atoms with E-state index in [9.17, 15) is 5.11 Å². The minimum Gasteiger partial charge on any atom is -0.393 e. The number of hydrogen-bond acceptors (Lipinski definition) is 1. The van der Waals surface area contributed by atoms with Crippen LogP contribution in [0.2, 0.25) is 0 Å². The maximum Gasteiger partial charge on any atom is 0.104 e. The zero-order chi connectivity index (χ0) is 17.6. The number of aliphatic hydroxyl groups excluding tert-OH is 1. The molecular weight excluding hydrogens is 299 g/mol. The van der Waals surface area contributed by atoms with Crippen molar-refractivity contribution in [3.05, 3.63) is 0 Å². The van der Waals surface area contributed by atoms with Gasteiger partial charge in [-0.3, -0.25) is 0 Å². The van der Waals surface area contributed by atoms with Crippen molar-refractivity contribution in [3.63, 3.8) is 0 Å². The van der Waals surface area contributed by atoms with Gasteiger partial charge in [-0.1, -0.05) is 34.1 Å². The second kappa shape index (κ2) is 6.89. The van der Waals surface area contributed by atoms with E-state index in [1.54, 1.807) is 0 Å². The molecular formula is C22H39FO. The van der Waals surface area contributed by atoms with Crippen molar-refractivity contribution in [1.82, 2.24) is 0 Å². The Morgan fingerprint density at radius 1 is 1.08 bits per heavy atom. The van der Waals surface area contributed by atoms with Crippen molar-refractivity contribution in [2.24, 2.45) is 46.8 Å². The molecule has 0 radical (unpaired) electrons. The lowest BCUT2D eigenvalue weighted by Gasteiger charge is -2.56. The van der Waals surface area contributed by atoms with E-state index >= 15 is 4.39 Å². The zero-order valence-electron chi connectivity index (χ0n) is 16.5.